The largest absolute Gasteiger partial charge is 0.458 e. The first-order chi connectivity index (χ1) is 13.8. The smallest absolute Gasteiger partial charge is 0.416 e. The zero-order valence-electron chi connectivity index (χ0n) is 16.7. The number of benzene rings is 2. The SMILES string of the molecule is CN(C)[C@H](c1ccccc1)[C@@H]1CCCC[C@H]1OC(=O)c1ccc(C(F)(F)F)cc1. The molecule has 0 aliphatic heterocycles. The van der Waals surface area contributed by atoms with Crippen LogP contribution in [0.25, 0.3) is 0 Å². The standard InChI is InChI=1S/C23H26F3NO2/c1-27(2)21(16-8-4-3-5-9-16)19-10-6-7-11-20(19)29-22(28)17-12-14-18(15-13-17)23(24,25)26/h3-5,8-9,12-15,19-21H,6-7,10-11H2,1-2H3/t19-,20-,21-/m1/s1. The third kappa shape index (κ3) is 5.18. The predicted octanol–water partition coefficient (Wildman–Crippen LogP) is 5.72. The summed E-state index contributed by atoms with van der Waals surface area (Å²) in [4.78, 5) is 14.8. The number of halogens is 3. The molecule has 1 fully saturated rings. The summed E-state index contributed by atoms with van der Waals surface area (Å²) in [5, 5.41) is 0. The molecule has 29 heavy (non-hydrogen) atoms. The second kappa shape index (κ2) is 8.99. The Bertz CT molecular complexity index is 803. The van der Waals surface area contributed by atoms with Crippen molar-refractivity contribution in [2.24, 2.45) is 5.92 Å². The molecule has 1 aliphatic rings. The molecule has 0 heterocycles. The molecule has 0 saturated heterocycles. The van der Waals surface area contributed by atoms with Crippen LogP contribution in [0.3, 0.4) is 0 Å². The van der Waals surface area contributed by atoms with E-state index in [9.17, 15) is 18.0 Å². The second-order valence-electron chi connectivity index (χ2n) is 7.79. The summed E-state index contributed by atoms with van der Waals surface area (Å²) in [6, 6.07) is 14.4. The molecule has 6 heteroatoms. The van der Waals surface area contributed by atoms with Gasteiger partial charge in [-0.3, -0.25) is 0 Å². The summed E-state index contributed by atoms with van der Waals surface area (Å²) in [6.07, 6.45) is -0.971. The van der Waals surface area contributed by atoms with Gasteiger partial charge in [0.2, 0.25) is 0 Å². The molecule has 0 unspecified atom stereocenters. The van der Waals surface area contributed by atoms with Crippen LogP contribution in [0.2, 0.25) is 0 Å². The molecule has 1 saturated carbocycles. The summed E-state index contributed by atoms with van der Waals surface area (Å²) in [5.74, 6) is -0.444. The molecule has 156 valence electrons. The van der Waals surface area contributed by atoms with Gasteiger partial charge in [0.1, 0.15) is 6.10 Å². The van der Waals surface area contributed by atoms with E-state index in [0.29, 0.717) is 0 Å². The van der Waals surface area contributed by atoms with E-state index in [0.717, 1.165) is 37.8 Å². The van der Waals surface area contributed by atoms with E-state index < -0.39 is 17.7 Å². The number of carbonyl (C=O) groups is 1. The lowest BCUT2D eigenvalue weighted by Gasteiger charge is -2.40. The third-order valence-corrected chi connectivity index (χ3v) is 5.56. The summed E-state index contributed by atoms with van der Waals surface area (Å²) in [5.41, 5.74) is 0.532. The quantitative estimate of drug-likeness (QED) is 0.596. The Hall–Kier alpha value is -2.34. The van der Waals surface area contributed by atoms with E-state index in [4.69, 9.17) is 4.74 Å². The molecule has 3 nitrogen and oxygen atoms in total. The highest BCUT2D eigenvalue weighted by Gasteiger charge is 2.36. The molecule has 0 radical (unpaired) electrons. The summed E-state index contributed by atoms with van der Waals surface area (Å²) < 4.78 is 44.1. The average Bonchev–Trinajstić information content (AvgIpc) is 2.69. The highest BCUT2D eigenvalue weighted by atomic mass is 19.4. The fraction of sp³-hybridized carbons (Fsp3) is 0.435. The van der Waals surface area contributed by atoms with Gasteiger partial charge in [-0.05, 0) is 63.2 Å². The lowest BCUT2D eigenvalue weighted by Crippen LogP contribution is -2.39. The first kappa shape index (κ1) is 21.4. The Labute approximate surface area is 169 Å². The average molecular weight is 405 g/mol. The maximum atomic E-state index is 12.7. The first-order valence-electron chi connectivity index (χ1n) is 9.87. The van der Waals surface area contributed by atoms with Gasteiger partial charge < -0.3 is 9.64 Å². The van der Waals surface area contributed by atoms with Crippen LogP contribution in [-0.2, 0) is 10.9 Å². The number of rotatable bonds is 5. The van der Waals surface area contributed by atoms with Gasteiger partial charge in [-0.15, -0.1) is 0 Å². The van der Waals surface area contributed by atoms with Gasteiger partial charge in [-0.25, -0.2) is 4.79 Å². The normalized spacial score (nSPS) is 21.0. The number of carbonyl (C=O) groups excluding carboxylic acids is 1. The van der Waals surface area contributed by atoms with Crippen molar-refractivity contribution < 1.29 is 22.7 Å². The van der Waals surface area contributed by atoms with Crippen molar-refractivity contribution in [2.45, 2.75) is 44.0 Å². The highest BCUT2D eigenvalue weighted by molar-refractivity contribution is 5.89. The van der Waals surface area contributed by atoms with E-state index in [1.807, 2.05) is 32.3 Å². The van der Waals surface area contributed by atoms with Crippen molar-refractivity contribution in [3.05, 3.63) is 71.3 Å². The van der Waals surface area contributed by atoms with Gasteiger partial charge in [-0.2, -0.15) is 13.2 Å². The molecule has 0 spiro atoms. The molecule has 0 aromatic heterocycles. The number of alkyl halides is 3. The zero-order valence-corrected chi connectivity index (χ0v) is 16.7. The van der Waals surface area contributed by atoms with Gasteiger partial charge in [0.05, 0.1) is 11.1 Å². The topological polar surface area (TPSA) is 29.5 Å². The van der Waals surface area contributed by atoms with Crippen LogP contribution in [0.5, 0.6) is 0 Å². The lowest BCUT2D eigenvalue weighted by molar-refractivity contribution is -0.137. The number of hydrogen-bond donors (Lipinski definition) is 0. The van der Waals surface area contributed by atoms with Crippen LogP contribution >= 0.6 is 0 Å². The van der Waals surface area contributed by atoms with Crippen molar-refractivity contribution in [3.63, 3.8) is 0 Å². The van der Waals surface area contributed by atoms with Crippen molar-refractivity contribution in [2.75, 3.05) is 14.1 Å². The Morgan fingerprint density at radius 2 is 1.62 bits per heavy atom. The van der Waals surface area contributed by atoms with Crippen LogP contribution in [0.1, 0.15) is 53.2 Å². The van der Waals surface area contributed by atoms with Crippen molar-refractivity contribution in [1.82, 2.24) is 4.90 Å². The Balaban J connectivity index is 1.78. The van der Waals surface area contributed by atoms with Gasteiger partial charge in [0.25, 0.3) is 0 Å². The lowest BCUT2D eigenvalue weighted by atomic mass is 9.78. The van der Waals surface area contributed by atoms with Crippen molar-refractivity contribution in [1.29, 1.82) is 0 Å². The fourth-order valence-electron chi connectivity index (χ4n) is 4.21. The third-order valence-electron chi connectivity index (χ3n) is 5.56. The summed E-state index contributed by atoms with van der Waals surface area (Å²) in [7, 11) is 4.03. The molecule has 0 amide bonds. The Morgan fingerprint density at radius 1 is 1.00 bits per heavy atom. The monoisotopic (exact) mass is 405 g/mol. The van der Waals surface area contributed by atoms with Crippen molar-refractivity contribution in [3.8, 4) is 0 Å². The minimum absolute atomic E-state index is 0.0990. The van der Waals surface area contributed by atoms with Gasteiger partial charge >= 0.3 is 12.1 Å². The van der Waals surface area contributed by atoms with E-state index in [1.165, 1.54) is 17.7 Å². The number of nitrogens with zero attached hydrogens (tertiary/aromatic N) is 1. The van der Waals surface area contributed by atoms with Crippen LogP contribution in [0.4, 0.5) is 13.2 Å². The maximum Gasteiger partial charge on any atom is 0.416 e. The highest BCUT2D eigenvalue weighted by Crippen LogP contribution is 2.39. The van der Waals surface area contributed by atoms with Crippen LogP contribution in [-0.4, -0.2) is 31.1 Å². The summed E-state index contributed by atoms with van der Waals surface area (Å²) >= 11 is 0. The Kier molecular flexibility index (Phi) is 6.63. The van der Waals surface area contributed by atoms with Crippen LogP contribution in [0.15, 0.2) is 54.6 Å². The minimum atomic E-state index is -4.43. The number of esters is 1. The minimum Gasteiger partial charge on any atom is -0.458 e. The second-order valence-corrected chi connectivity index (χ2v) is 7.79. The Morgan fingerprint density at radius 3 is 2.21 bits per heavy atom. The molecule has 0 N–H and O–H groups in total. The predicted molar refractivity (Wildman–Crippen MR) is 105 cm³/mol. The van der Waals surface area contributed by atoms with E-state index >= 15 is 0 Å². The molecule has 0 bridgehead atoms. The fourth-order valence-corrected chi connectivity index (χ4v) is 4.21. The molecule has 1 aliphatic carbocycles. The van der Waals surface area contributed by atoms with E-state index in [-0.39, 0.29) is 23.6 Å². The molecule has 2 aromatic carbocycles. The molecule has 3 rings (SSSR count). The van der Waals surface area contributed by atoms with Crippen LogP contribution in [0, 0.1) is 5.92 Å². The van der Waals surface area contributed by atoms with Gasteiger partial charge in [-0.1, -0.05) is 36.8 Å². The number of hydrogen-bond acceptors (Lipinski definition) is 3. The molecule has 3 atom stereocenters. The van der Waals surface area contributed by atoms with Crippen molar-refractivity contribution >= 4 is 5.97 Å². The maximum absolute atomic E-state index is 12.7. The van der Waals surface area contributed by atoms with Crippen LogP contribution < -0.4 is 0 Å². The summed E-state index contributed by atoms with van der Waals surface area (Å²) in [6.45, 7) is 0. The van der Waals surface area contributed by atoms with E-state index in [1.54, 1.807) is 0 Å². The van der Waals surface area contributed by atoms with Gasteiger partial charge in [0, 0.05) is 12.0 Å². The molecule has 2 aromatic rings. The van der Waals surface area contributed by atoms with Gasteiger partial charge in [0.15, 0.2) is 0 Å². The molecular weight excluding hydrogens is 379 g/mol. The zero-order chi connectivity index (χ0) is 21.0. The number of ether oxygens (including phenoxy) is 1. The molecular formula is C23H26F3NO2. The first-order valence-corrected chi connectivity index (χ1v) is 9.87. The van der Waals surface area contributed by atoms with E-state index in [2.05, 4.69) is 17.0 Å².